The molecule has 0 radical (unpaired) electrons. The number of esters is 1. The van der Waals surface area contributed by atoms with Crippen LogP contribution in [0.5, 0.6) is 0 Å². The van der Waals surface area contributed by atoms with Gasteiger partial charge in [-0.3, -0.25) is 0 Å². The van der Waals surface area contributed by atoms with Crippen LogP contribution in [0.2, 0.25) is 5.02 Å². The van der Waals surface area contributed by atoms with E-state index in [1.807, 2.05) is 11.8 Å². The number of anilines is 2. The lowest BCUT2D eigenvalue weighted by molar-refractivity contribution is -0.0421. The fraction of sp³-hybridized carbons (Fsp3) is 0.500. The van der Waals surface area contributed by atoms with Crippen molar-refractivity contribution in [3.63, 3.8) is 0 Å². The highest BCUT2D eigenvalue weighted by Gasteiger charge is 2.29. The number of methoxy groups -OCH3 is 1. The van der Waals surface area contributed by atoms with E-state index in [1.165, 1.54) is 7.11 Å². The summed E-state index contributed by atoms with van der Waals surface area (Å²) in [6, 6.07) is 3.14. The molecule has 3 N–H and O–H groups in total. The molecule has 2 unspecified atom stereocenters. The Hall–Kier alpha value is -1.50. The molecule has 1 aliphatic rings. The van der Waals surface area contributed by atoms with E-state index >= 15 is 0 Å². The number of carbonyl (C=O) groups is 1. The van der Waals surface area contributed by atoms with Gasteiger partial charge in [0.1, 0.15) is 0 Å². The first-order valence-corrected chi connectivity index (χ1v) is 7.02. The fourth-order valence-corrected chi connectivity index (χ4v) is 2.88. The van der Waals surface area contributed by atoms with Crippen LogP contribution < -0.4 is 10.6 Å². The van der Waals surface area contributed by atoms with Crippen molar-refractivity contribution in [1.82, 2.24) is 0 Å². The zero-order chi connectivity index (χ0) is 15.6. The third-order valence-corrected chi connectivity index (χ3v) is 3.63. The highest BCUT2D eigenvalue weighted by Crippen LogP contribution is 2.34. The van der Waals surface area contributed by atoms with Crippen molar-refractivity contribution in [2.75, 3.05) is 37.4 Å². The van der Waals surface area contributed by atoms with Crippen LogP contribution in [-0.2, 0) is 9.47 Å². The van der Waals surface area contributed by atoms with Crippen molar-refractivity contribution < 1.29 is 19.4 Å². The molecule has 116 valence electrons. The van der Waals surface area contributed by atoms with Crippen molar-refractivity contribution >= 4 is 28.9 Å². The molecule has 2 rings (SSSR count). The number of carbonyl (C=O) groups excluding carboxylic acids is 1. The van der Waals surface area contributed by atoms with Gasteiger partial charge in [0.05, 0.1) is 42.2 Å². The highest BCUT2D eigenvalue weighted by atomic mass is 35.5. The molecule has 0 aromatic heterocycles. The van der Waals surface area contributed by atoms with E-state index < -0.39 is 5.97 Å². The van der Waals surface area contributed by atoms with Gasteiger partial charge in [-0.1, -0.05) is 11.6 Å². The lowest BCUT2D eigenvalue weighted by Gasteiger charge is -2.38. The van der Waals surface area contributed by atoms with E-state index in [0.717, 1.165) is 0 Å². The van der Waals surface area contributed by atoms with Gasteiger partial charge in [0.25, 0.3) is 0 Å². The van der Waals surface area contributed by atoms with Gasteiger partial charge in [-0.2, -0.15) is 0 Å². The molecule has 0 saturated carbocycles. The van der Waals surface area contributed by atoms with E-state index in [9.17, 15) is 9.90 Å². The Morgan fingerprint density at radius 2 is 2.29 bits per heavy atom. The van der Waals surface area contributed by atoms with Crippen LogP contribution in [0.1, 0.15) is 17.3 Å². The van der Waals surface area contributed by atoms with E-state index in [2.05, 4.69) is 0 Å². The maximum atomic E-state index is 12.0. The number of aliphatic hydroxyl groups excluding tert-OH is 1. The first-order chi connectivity index (χ1) is 9.96. The van der Waals surface area contributed by atoms with Crippen LogP contribution in [0.4, 0.5) is 11.4 Å². The Kier molecular flexibility index (Phi) is 4.92. The molecule has 1 aromatic carbocycles. The number of hydrogen-bond acceptors (Lipinski definition) is 6. The van der Waals surface area contributed by atoms with Crippen LogP contribution >= 0.6 is 11.6 Å². The molecular formula is C14H19ClN2O4. The summed E-state index contributed by atoms with van der Waals surface area (Å²) in [5.41, 5.74) is 7.02. The molecule has 1 fully saturated rings. The third-order valence-electron chi connectivity index (χ3n) is 3.34. The van der Waals surface area contributed by atoms with Crippen LogP contribution in [0.25, 0.3) is 0 Å². The second kappa shape index (κ2) is 6.51. The summed E-state index contributed by atoms with van der Waals surface area (Å²) in [4.78, 5) is 13.9. The molecule has 1 aliphatic heterocycles. The van der Waals surface area contributed by atoms with Gasteiger partial charge in [0.2, 0.25) is 0 Å². The number of nitrogen functional groups attached to an aromatic ring is 1. The first-order valence-electron chi connectivity index (χ1n) is 6.64. The number of rotatable bonds is 3. The average Bonchev–Trinajstić information content (AvgIpc) is 2.44. The van der Waals surface area contributed by atoms with Gasteiger partial charge in [-0.15, -0.1) is 0 Å². The summed E-state index contributed by atoms with van der Waals surface area (Å²) < 4.78 is 10.4. The maximum Gasteiger partial charge on any atom is 0.340 e. The summed E-state index contributed by atoms with van der Waals surface area (Å²) in [5.74, 6) is -0.501. The summed E-state index contributed by atoms with van der Waals surface area (Å²) in [5, 5.41) is 9.69. The number of hydrogen-bond donors (Lipinski definition) is 2. The summed E-state index contributed by atoms with van der Waals surface area (Å²) >= 11 is 6.27. The van der Waals surface area contributed by atoms with Crippen molar-refractivity contribution in [2.45, 2.75) is 19.1 Å². The van der Waals surface area contributed by atoms with Gasteiger partial charge in [-0.25, -0.2) is 4.79 Å². The highest BCUT2D eigenvalue weighted by molar-refractivity contribution is 6.34. The SMILES string of the molecule is COC(=O)c1cc(N)cc(Cl)c1N1CC(C)OC(CO)C1. The first kappa shape index (κ1) is 15.9. The van der Waals surface area contributed by atoms with Crippen LogP contribution in [0.15, 0.2) is 12.1 Å². The maximum absolute atomic E-state index is 12.0. The Balaban J connectivity index is 2.44. The van der Waals surface area contributed by atoms with Gasteiger partial charge < -0.3 is 25.2 Å². The number of morpholine rings is 1. The van der Waals surface area contributed by atoms with E-state index in [1.54, 1.807) is 12.1 Å². The topological polar surface area (TPSA) is 85.0 Å². The van der Waals surface area contributed by atoms with Crippen LogP contribution in [0, 0.1) is 0 Å². The number of halogens is 1. The van der Waals surface area contributed by atoms with Crippen molar-refractivity contribution in [2.24, 2.45) is 0 Å². The van der Waals surface area contributed by atoms with Crippen LogP contribution in [-0.4, -0.2) is 50.1 Å². The summed E-state index contributed by atoms with van der Waals surface area (Å²) in [7, 11) is 1.31. The summed E-state index contributed by atoms with van der Waals surface area (Å²) in [6.45, 7) is 2.80. The molecule has 0 spiro atoms. The molecule has 0 bridgehead atoms. The molecule has 0 amide bonds. The van der Waals surface area contributed by atoms with E-state index in [0.29, 0.717) is 35.1 Å². The molecule has 1 saturated heterocycles. The predicted octanol–water partition coefficient (Wildman–Crippen LogP) is 1.29. The molecule has 2 atom stereocenters. The van der Waals surface area contributed by atoms with Gasteiger partial charge in [-0.05, 0) is 19.1 Å². The second-order valence-corrected chi connectivity index (χ2v) is 5.45. The number of benzene rings is 1. The largest absolute Gasteiger partial charge is 0.465 e. The van der Waals surface area contributed by atoms with Crippen LogP contribution in [0.3, 0.4) is 0 Å². The van der Waals surface area contributed by atoms with E-state index in [-0.39, 0.29) is 18.8 Å². The Labute approximate surface area is 128 Å². The monoisotopic (exact) mass is 314 g/mol. The molecule has 7 heteroatoms. The fourth-order valence-electron chi connectivity index (χ4n) is 2.54. The van der Waals surface area contributed by atoms with Crippen molar-refractivity contribution in [1.29, 1.82) is 0 Å². The Morgan fingerprint density at radius 3 is 2.90 bits per heavy atom. The summed E-state index contributed by atoms with van der Waals surface area (Å²) in [6.07, 6.45) is -0.414. The number of ether oxygens (including phenoxy) is 2. The lowest BCUT2D eigenvalue weighted by atomic mass is 10.1. The predicted molar refractivity (Wildman–Crippen MR) is 80.8 cm³/mol. The minimum Gasteiger partial charge on any atom is -0.465 e. The zero-order valence-electron chi connectivity index (χ0n) is 12.0. The quantitative estimate of drug-likeness (QED) is 0.646. The number of aliphatic hydroxyl groups is 1. The Morgan fingerprint density at radius 1 is 1.57 bits per heavy atom. The van der Waals surface area contributed by atoms with Gasteiger partial charge >= 0.3 is 5.97 Å². The lowest BCUT2D eigenvalue weighted by Crippen LogP contribution is -2.48. The molecule has 21 heavy (non-hydrogen) atoms. The smallest absolute Gasteiger partial charge is 0.340 e. The molecular weight excluding hydrogens is 296 g/mol. The normalized spacial score (nSPS) is 22.2. The number of nitrogens with zero attached hydrogens (tertiary/aromatic N) is 1. The molecule has 0 aliphatic carbocycles. The standard InChI is InChI=1S/C14H19ClN2O4/c1-8-5-17(6-10(7-18)21-8)13-11(14(19)20-2)3-9(16)4-12(13)15/h3-4,8,10,18H,5-7,16H2,1-2H3. The molecule has 6 nitrogen and oxygen atoms in total. The third kappa shape index (κ3) is 3.40. The minimum atomic E-state index is -0.501. The van der Waals surface area contributed by atoms with Crippen molar-refractivity contribution in [3.05, 3.63) is 22.7 Å². The van der Waals surface area contributed by atoms with Crippen molar-refractivity contribution in [3.8, 4) is 0 Å². The zero-order valence-corrected chi connectivity index (χ0v) is 12.8. The average molecular weight is 315 g/mol. The molecule has 1 heterocycles. The molecule has 1 aromatic rings. The van der Waals surface area contributed by atoms with E-state index in [4.69, 9.17) is 26.8 Å². The van der Waals surface area contributed by atoms with Gasteiger partial charge in [0, 0.05) is 18.8 Å². The number of nitrogens with two attached hydrogens (primary N) is 1. The van der Waals surface area contributed by atoms with Gasteiger partial charge in [0.15, 0.2) is 0 Å². The minimum absolute atomic E-state index is 0.0879. The Bertz CT molecular complexity index is 538. The second-order valence-electron chi connectivity index (χ2n) is 5.05.